The third kappa shape index (κ3) is 6.06. The van der Waals surface area contributed by atoms with Gasteiger partial charge in [0.1, 0.15) is 0 Å². The van der Waals surface area contributed by atoms with Gasteiger partial charge in [-0.3, -0.25) is 4.79 Å². The van der Waals surface area contributed by atoms with Crippen LogP contribution < -0.4 is 0 Å². The van der Waals surface area contributed by atoms with Crippen LogP contribution in [0.25, 0.3) is 6.08 Å². The molecule has 0 amide bonds. The number of hydrogen-bond donors (Lipinski definition) is 1. The normalized spacial score (nSPS) is 13.9. The fraction of sp³-hybridized carbons (Fsp3) is 0.444. The zero-order valence-electron chi connectivity index (χ0n) is 18.7. The molecule has 0 aromatic heterocycles. The molecule has 0 saturated carbocycles. The number of aliphatic hydroxyl groups is 1. The minimum absolute atomic E-state index is 0.191. The van der Waals surface area contributed by atoms with Crippen LogP contribution in [0.1, 0.15) is 105 Å². The van der Waals surface area contributed by atoms with Gasteiger partial charge in [0.15, 0.2) is 5.76 Å². The van der Waals surface area contributed by atoms with E-state index in [0.29, 0.717) is 17.4 Å². The van der Waals surface area contributed by atoms with Gasteiger partial charge in [-0.15, -0.1) is 0 Å². The summed E-state index contributed by atoms with van der Waals surface area (Å²) < 4.78 is 0. The Labute approximate surface area is 176 Å². The summed E-state index contributed by atoms with van der Waals surface area (Å²) in [7, 11) is 0. The minimum Gasteiger partial charge on any atom is -0.504 e. The Morgan fingerprint density at radius 1 is 0.966 bits per heavy atom. The molecule has 0 heterocycles. The van der Waals surface area contributed by atoms with Crippen LogP contribution in [0.15, 0.2) is 48.2 Å². The van der Waals surface area contributed by atoms with E-state index in [9.17, 15) is 9.90 Å². The average molecular weight is 393 g/mol. The topological polar surface area (TPSA) is 37.3 Å². The Balaban J connectivity index is 2.37. The number of allylic oxidation sites excluding steroid dienone is 1. The number of aryl methyl sites for hydroxylation is 1. The van der Waals surface area contributed by atoms with Crippen molar-refractivity contribution in [1.29, 1.82) is 0 Å². The molecule has 2 heteroatoms. The first kappa shape index (κ1) is 22.9. The van der Waals surface area contributed by atoms with Crippen LogP contribution in [-0.4, -0.2) is 10.9 Å². The Hall–Kier alpha value is -2.35. The Morgan fingerprint density at radius 3 is 2.31 bits per heavy atom. The highest BCUT2D eigenvalue weighted by Crippen LogP contribution is 2.28. The largest absolute Gasteiger partial charge is 0.504 e. The lowest BCUT2D eigenvalue weighted by Crippen LogP contribution is -2.05. The average Bonchev–Trinajstić information content (AvgIpc) is 2.73. The monoisotopic (exact) mass is 392 g/mol. The van der Waals surface area contributed by atoms with Crippen molar-refractivity contribution in [1.82, 2.24) is 0 Å². The number of rotatable bonds is 10. The summed E-state index contributed by atoms with van der Waals surface area (Å²) in [5.74, 6) is 0.287. The van der Waals surface area contributed by atoms with E-state index < -0.39 is 0 Å². The van der Waals surface area contributed by atoms with Gasteiger partial charge in [-0.25, -0.2) is 0 Å². The van der Waals surface area contributed by atoms with Gasteiger partial charge in [0.25, 0.3) is 0 Å². The predicted octanol–water partition coefficient (Wildman–Crippen LogP) is 7.84. The molecule has 2 rings (SSSR count). The molecule has 2 nitrogen and oxygen atoms in total. The molecule has 0 aliphatic carbocycles. The first-order valence-corrected chi connectivity index (χ1v) is 11.1. The highest BCUT2D eigenvalue weighted by atomic mass is 16.3. The first-order valence-electron chi connectivity index (χ1n) is 11.1. The summed E-state index contributed by atoms with van der Waals surface area (Å²) in [5.41, 5.74) is 5.05. The lowest BCUT2D eigenvalue weighted by molar-refractivity contribution is 0.0980. The SMILES string of the molecule is CCCC(C)c1cccc(C(=O)C(O)=Cc2cc(CC)ccc2C(C)CCC)c1. The molecule has 156 valence electrons. The quantitative estimate of drug-likeness (QED) is 0.254. The second-order valence-electron chi connectivity index (χ2n) is 8.18. The first-order chi connectivity index (χ1) is 13.9. The van der Waals surface area contributed by atoms with Crippen molar-refractivity contribution >= 4 is 11.9 Å². The molecule has 29 heavy (non-hydrogen) atoms. The van der Waals surface area contributed by atoms with E-state index in [0.717, 1.165) is 43.2 Å². The zero-order chi connectivity index (χ0) is 21.4. The molecule has 0 saturated heterocycles. The van der Waals surface area contributed by atoms with E-state index in [1.807, 2.05) is 12.1 Å². The van der Waals surface area contributed by atoms with Crippen molar-refractivity contribution in [3.63, 3.8) is 0 Å². The second kappa shape index (κ2) is 11.0. The lowest BCUT2D eigenvalue weighted by Gasteiger charge is -2.16. The summed E-state index contributed by atoms with van der Waals surface area (Å²) in [6.45, 7) is 10.9. The van der Waals surface area contributed by atoms with Crippen LogP contribution in [0.3, 0.4) is 0 Å². The number of carbonyl (C=O) groups is 1. The summed E-state index contributed by atoms with van der Waals surface area (Å²) in [5, 5.41) is 10.7. The lowest BCUT2D eigenvalue weighted by atomic mass is 9.89. The standard InChI is InChI=1S/C27H36O2/c1-6-10-19(4)22-12-9-13-23(17-22)27(29)26(28)18-24-16-21(8-3)14-15-25(24)20(5)11-7-2/h9,12-20,28H,6-8,10-11H2,1-5H3. The van der Waals surface area contributed by atoms with Crippen molar-refractivity contribution in [3.8, 4) is 0 Å². The Morgan fingerprint density at radius 2 is 1.66 bits per heavy atom. The summed E-state index contributed by atoms with van der Waals surface area (Å²) in [4.78, 5) is 12.9. The fourth-order valence-electron chi connectivity index (χ4n) is 3.95. The summed E-state index contributed by atoms with van der Waals surface area (Å²) >= 11 is 0. The van der Waals surface area contributed by atoms with Crippen LogP contribution in [0, 0.1) is 0 Å². The van der Waals surface area contributed by atoms with Crippen LogP contribution in [0.5, 0.6) is 0 Å². The Bertz CT molecular complexity index is 847. The van der Waals surface area contributed by atoms with Crippen molar-refractivity contribution < 1.29 is 9.90 Å². The van der Waals surface area contributed by atoms with E-state index in [4.69, 9.17) is 0 Å². The maximum Gasteiger partial charge on any atom is 0.227 e. The molecule has 2 aromatic carbocycles. The van der Waals surface area contributed by atoms with Gasteiger partial charge in [-0.2, -0.15) is 0 Å². The third-order valence-electron chi connectivity index (χ3n) is 5.78. The maximum absolute atomic E-state index is 12.9. The van der Waals surface area contributed by atoms with Crippen LogP contribution in [-0.2, 0) is 6.42 Å². The van der Waals surface area contributed by atoms with Crippen molar-refractivity contribution in [3.05, 3.63) is 76.0 Å². The van der Waals surface area contributed by atoms with Crippen molar-refractivity contribution in [2.75, 3.05) is 0 Å². The van der Waals surface area contributed by atoms with Crippen molar-refractivity contribution in [2.45, 2.75) is 78.6 Å². The molecule has 2 unspecified atom stereocenters. The number of hydrogen-bond acceptors (Lipinski definition) is 2. The number of aliphatic hydroxyl groups excluding tert-OH is 1. The van der Waals surface area contributed by atoms with E-state index >= 15 is 0 Å². The summed E-state index contributed by atoms with van der Waals surface area (Å²) in [6, 6.07) is 14.1. The molecule has 1 N–H and O–H groups in total. The minimum atomic E-state index is -0.313. The fourth-order valence-corrected chi connectivity index (χ4v) is 3.95. The van der Waals surface area contributed by atoms with Crippen LogP contribution in [0.2, 0.25) is 0 Å². The van der Waals surface area contributed by atoms with Gasteiger partial charge in [0.2, 0.25) is 5.78 Å². The van der Waals surface area contributed by atoms with E-state index in [1.165, 1.54) is 11.1 Å². The van der Waals surface area contributed by atoms with Gasteiger partial charge >= 0.3 is 0 Å². The molecule has 0 radical (unpaired) electrons. The smallest absolute Gasteiger partial charge is 0.227 e. The molecule has 0 fully saturated rings. The summed E-state index contributed by atoms with van der Waals surface area (Å²) in [6.07, 6.45) is 6.96. The third-order valence-corrected chi connectivity index (χ3v) is 5.78. The highest BCUT2D eigenvalue weighted by Gasteiger charge is 2.16. The number of ketones is 1. The van der Waals surface area contributed by atoms with Crippen molar-refractivity contribution in [2.24, 2.45) is 0 Å². The second-order valence-corrected chi connectivity index (χ2v) is 8.18. The van der Waals surface area contributed by atoms with Gasteiger partial charge in [-0.1, -0.05) is 83.9 Å². The van der Waals surface area contributed by atoms with Crippen LogP contribution >= 0.6 is 0 Å². The van der Waals surface area contributed by atoms with Gasteiger partial charge in [0.05, 0.1) is 0 Å². The highest BCUT2D eigenvalue weighted by molar-refractivity contribution is 6.09. The molecule has 0 bridgehead atoms. The number of benzene rings is 2. The van der Waals surface area contributed by atoms with E-state index in [-0.39, 0.29) is 11.5 Å². The molecular weight excluding hydrogens is 356 g/mol. The molecular formula is C27H36O2. The molecule has 0 aliphatic heterocycles. The number of carbonyl (C=O) groups excluding carboxylic acids is 1. The molecule has 2 atom stereocenters. The van der Waals surface area contributed by atoms with Gasteiger partial charge < -0.3 is 5.11 Å². The van der Waals surface area contributed by atoms with E-state index in [2.05, 4.69) is 58.9 Å². The molecule has 0 spiro atoms. The number of Topliss-reactive ketones (excluding diaryl/α,β-unsaturated/α-hetero) is 1. The van der Waals surface area contributed by atoms with Gasteiger partial charge in [0, 0.05) is 5.56 Å². The van der Waals surface area contributed by atoms with Crippen LogP contribution in [0.4, 0.5) is 0 Å². The maximum atomic E-state index is 12.9. The molecule has 2 aromatic rings. The zero-order valence-corrected chi connectivity index (χ0v) is 18.7. The molecule has 0 aliphatic rings. The van der Waals surface area contributed by atoms with Gasteiger partial charge in [-0.05, 0) is 65.5 Å². The predicted molar refractivity (Wildman–Crippen MR) is 124 cm³/mol. The Kier molecular flexibility index (Phi) is 8.70. The van der Waals surface area contributed by atoms with E-state index in [1.54, 1.807) is 12.1 Å².